The molecule has 2 fully saturated rings. The number of rotatable bonds is 4. The third kappa shape index (κ3) is 1.19. The van der Waals surface area contributed by atoms with E-state index in [1.807, 2.05) is 0 Å². The normalized spacial score (nSPS) is 37.1. The molecule has 2 aliphatic rings. The van der Waals surface area contributed by atoms with Gasteiger partial charge in [-0.05, 0) is 0 Å². The first-order valence-corrected chi connectivity index (χ1v) is 4.52. The van der Waals surface area contributed by atoms with Gasteiger partial charge in [0, 0.05) is 19.4 Å². The molecule has 0 aliphatic carbocycles. The third-order valence-corrected chi connectivity index (χ3v) is 2.75. The largest absolute Gasteiger partial charge is 0.467 e. The van der Waals surface area contributed by atoms with Gasteiger partial charge in [0.1, 0.15) is 5.76 Å². The SMILES string of the molecule is C=COC(=C)C1(C2CCO2)CCO1. The summed E-state index contributed by atoms with van der Waals surface area (Å²) in [5.74, 6) is 0.624. The molecule has 0 spiro atoms. The fraction of sp³-hybridized carbons (Fsp3) is 0.600. The van der Waals surface area contributed by atoms with Gasteiger partial charge in [-0.15, -0.1) is 0 Å². The van der Waals surface area contributed by atoms with Crippen molar-refractivity contribution in [1.29, 1.82) is 0 Å². The zero-order valence-corrected chi connectivity index (χ0v) is 7.62. The second-order valence-corrected chi connectivity index (χ2v) is 3.34. The summed E-state index contributed by atoms with van der Waals surface area (Å²) in [5, 5.41) is 0. The highest BCUT2D eigenvalue weighted by molar-refractivity contribution is 5.16. The summed E-state index contributed by atoms with van der Waals surface area (Å²) in [4.78, 5) is 0. The molecule has 13 heavy (non-hydrogen) atoms. The smallest absolute Gasteiger partial charge is 0.153 e. The fourth-order valence-corrected chi connectivity index (χ4v) is 1.78. The Balaban J connectivity index is 2.04. The topological polar surface area (TPSA) is 27.7 Å². The van der Waals surface area contributed by atoms with Gasteiger partial charge in [0.2, 0.25) is 0 Å². The van der Waals surface area contributed by atoms with E-state index in [2.05, 4.69) is 13.2 Å². The average Bonchev–Trinajstić information content (AvgIpc) is 1.92. The number of ether oxygens (including phenoxy) is 3. The maximum atomic E-state index is 5.54. The maximum absolute atomic E-state index is 5.54. The van der Waals surface area contributed by atoms with Gasteiger partial charge in [-0.2, -0.15) is 0 Å². The first kappa shape index (κ1) is 8.78. The summed E-state index contributed by atoms with van der Waals surface area (Å²) < 4.78 is 16.1. The molecule has 0 N–H and O–H groups in total. The molecule has 2 atom stereocenters. The standard InChI is InChI=1S/C10H14O3/c1-3-11-8(2)10(5-7-13-10)9-4-6-12-9/h3,9H,1-2,4-7H2. The molecular formula is C10H14O3. The molecule has 0 bridgehead atoms. The van der Waals surface area contributed by atoms with E-state index in [-0.39, 0.29) is 11.7 Å². The van der Waals surface area contributed by atoms with Crippen LogP contribution in [0.25, 0.3) is 0 Å². The summed E-state index contributed by atoms with van der Waals surface area (Å²) in [7, 11) is 0. The van der Waals surface area contributed by atoms with E-state index in [0.29, 0.717) is 5.76 Å². The van der Waals surface area contributed by atoms with Crippen LogP contribution < -0.4 is 0 Å². The van der Waals surface area contributed by atoms with Crippen LogP contribution in [0.3, 0.4) is 0 Å². The summed E-state index contributed by atoms with van der Waals surface area (Å²) in [6.07, 6.45) is 3.47. The van der Waals surface area contributed by atoms with Crippen molar-refractivity contribution >= 4 is 0 Å². The lowest BCUT2D eigenvalue weighted by atomic mass is 9.83. The molecule has 2 heterocycles. The minimum atomic E-state index is -0.382. The first-order valence-electron chi connectivity index (χ1n) is 4.52. The van der Waals surface area contributed by atoms with Gasteiger partial charge in [0.25, 0.3) is 0 Å². The lowest BCUT2D eigenvalue weighted by Gasteiger charge is -2.50. The zero-order chi connectivity index (χ0) is 9.31. The van der Waals surface area contributed by atoms with Crippen LogP contribution in [-0.2, 0) is 14.2 Å². The number of hydrogen-bond donors (Lipinski definition) is 0. The van der Waals surface area contributed by atoms with Crippen LogP contribution in [0.15, 0.2) is 25.2 Å². The highest BCUT2D eigenvalue weighted by Gasteiger charge is 2.52. The van der Waals surface area contributed by atoms with E-state index in [9.17, 15) is 0 Å². The van der Waals surface area contributed by atoms with E-state index in [4.69, 9.17) is 14.2 Å². The Bertz CT molecular complexity index is 226. The van der Waals surface area contributed by atoms with E-state index < -0.39 is 0 Å². The van der Waals surface area contributed by atoms with Crippen LogP contribution in [0.2, 0.25) is 0 Å². The molecule has 2 rings (SSSR count). The Hall–Kier alpha value is -0.800. The van der Waals surface area contributed by atoms with Crippen molar-refractivity contribution in [2.24, 2.45) is 0 Å². The quantitative estimate of drug-likeness (QED) is 0.618. The van der Waals surface area contributed by atoms with E-state index >= 15 is 0 Å². The highest BCUT2D eigenvalue weighted by Crippen LogP contribution is 2.42. The van der Waals surface area contributed by atoms with Crippen LogP contribution in [-0.4, -0.2) is 24.9 Å². The highest BCUT2D eigenvalue weighted by atomic mass is 16.6. The zero-order valence-electron chi connectivity index (χ0n) is 7.62. The summed E-state index contributed by atoms with van der Waals surface area (Å²) >= 11 is 0. The van der Waals surface area contributed by atoms with Gasteiger partial charge in [-0.25, -0.2) is 0 Å². The monoisotopic (exact) mass is 182 g/mol. The van der Waals surface area contributed by atoms with Gasteiger partial charge < -0.3 is 14.2 Å². The minimum Gasteiger partial charge on any atom is -0.467 e. The molecule has 2 unspecified atom stereocenters. The number of hydrogen-bond acceptors (Lipinski definition) is 3. The van der Waals surface area contributed by atoms with Gasteiger partial charge >= 0.3 is 0 Å². The van der Waals surface area contributed by atoms with Crippen LogP contribution in [0, 0.1) is 0 Å². The molecule has 3 nitrogen and oxygen atoms in total. The molecule has 0 aromatic carbocycles. The minimum absolute atomic E-state index is 0.133. The van der Waals surface area contributed by atoms with E-state index in [1.54, 1.807) is 0 Å². The van der Waals surface area contributed by atoms with Crippen LogP contribution >= 0.6 is 0 Å². The Morgan fingerprint density at radius 2 is 2.23 bits per heavy atom. The van der Waals surface area contributed by atoms with Gasteiger partial charge in [0.05, 0.1) is 19.0 Å². The Morgan fingerprint density at radius 3 is 2.54 bits per heavy atom. The van der Waals surface area contributed by atoms with Crippen molar-refractivity contribution < 1.29 is 14.2 Å². The molecule has 0 saturated carbocycles. The lowest BCUT2D eigenvalue weighted by Crippen LogP contribution is -2.59. The van der Waals surface area contributed by atoms with Gasteiger partial charge in [0.15, 0.2) is 5.60 Å². The molecular weight excluding hydrogens is 168 g/mol. The van der Waals surface area contributed by atoms with Crippen molar-refractivity contribution in [1.82, 2.24) is 0 Å². The Morgan fingerprint density at radius 1 is 1.54 bits per heavy atom. The predicted octanol–water partition coefficient (Wildman–Crippen LogP) is 1.61. The van der Waals surface area contributed by atoms with Crippen molar-refractivity contribution in [3.8, 4) is 0 Å². The summed E-state index contributed by atoms with van der Waals surface area (Å²) in [6, 6.07) is 0. The van der Waals surface area contributed by atoms with Gasteiger partial charge in [-0.3, -0.25) is 0 Å². The lowest BCUT2D eigenvalue weighted by molar-refractivity contribution is -0.245. The first-order chi connectivity index (χ1) is 6.29. The summed E-state index contributed by atoms with van der Waals surface area (Å²) in [6.45, 7) is 8.92. The second kappa shape index (κ2) is 3.16. The molecule has 72 valence electrons. The molecule has 2 aliphatic heterocycles. The van der Waals surface area contributed by atoms with Crippen molar-refractivity contribution in [3.63, 3.8) is 0 Å². The van der Waals surface area contributed by atoms with Crippen molar-refractivity contribution in [2.45, 2.75) is 24.5 Å². The molecule has 0 aromatic heterocycles. The molecule has 3 heteroatoms. The van der Waals surface area contributed by atoms with E-state index in [1.165, 1.54) is 6.26 Å². The maximum Gasteiger partial charge on any atom is 0.153 e. The van der Waals surface area contributed by atoms with Crippen LogP contribution in [0.4, 0.5) is 0 Å². The molecule has 2 saturated heterocycles. The van der Waals surface area contributed by atoms with Crippen LogP contribution in [0.5, 0.6) is 0 Å². The predicted molar refractivity (Wildman–Crippen MR) is 48.1 cm³/mol. The Labute approximate surface area is 78.0 Å². The van der Waals surface area contributed by atoms with Crippen molar-refractivity contribution in [3.05, 3.63) is 25.2 Å². The second-order valence-electron chi connectivity index (χ2n) is 3.34. The molecule has 0 radical (unpaired) electrons. The van der Waals surface area contributed by atoms with Crippen molar-refractivity contribution in [2.75, 3.05) is 13.2 Å². The average molecular weight is 182 g/mol. The van der Waals surface area contributed by atoms with Gasteiger partial charge in [-0.1, -0.05) is 13.2 Å². The van der Waals surface area contributed by atoms with Crippen LogP contribution in [0.1, 0.15) is 12.8 Å². The summed E-state index contributed by atoms with van der Waals surface area (Å²) in [5.41, 5.74) is -0.382. The fourth-order valence-electron chi connectivity index (χ4n) is 1.78. The molecule has 0 amide bonds. The third-order valence-electron chi connectivity index (χ3n) is 2.75. The Kier molecular flexibility index (Phi) is 2.14. The van der Waals surface area contributed by atoms with E-state index in [0.717, 1.165) is 26.1 Å². The molecule has 0 aromatic rings.